The lowest BCUT2D eigenvalue weighted by Crippen LogP contribution is -2.34. The zero-order valence-electron chi connectivity index (χ0n) is 16.5. The summed E-state index contributed by atoms with van der Waals surface area (Å²) in [6.07, 6.45) is 4.12. The molecule has 1 aliphatic heterocycles. The molecule has 4 heterocycles. The van der Waals surface area contributed by atoms with Crippen molar-refractivity contribution in [3.05, 3.63) is 45.5 Å². The number of hydrogen-bond donors (Lipinski definition) is 3. The van der Waals surface area contributed by atoms with E-state index in [1.165, 1.54) is 41.7 Å². The van der Waals surface area contributed by atoms with Crippen LogP contribution in [0.1, 0.15) is 13.8 Å². The van der Waals surface area contributed by atoms with Gasteiger partial charge in [0, 0.05) is 30.6 Å². The molecule has 3 N–H and O–H groups in total. The predicted molar refractivity (Wildman–Crippen MR) is 107 cm³/mol. The molecule has 0 saturated carbocycles. The van der Waals surface area contributed by atoms with Crippen LogP contribution < -0.4 is 16.1 Å². The van der Waals surface area contributed by atoms with Crippen molar-refractivity contribution in [3.8, 4) is 11.3 Å². The Bertz CT molecular complexity index is 1240. The summed E-state index contributed by atoms with van der Waals surface area (Å²) in [7, 11) is -2.71. The molecule has 1 saturated heterocycles. The van der Waals surface area contributed by atoms with E-state index in [2.05, 4.69) is 19.6 Å². The first-order valence-electron chi connectivity index (χ1n) is 9.11. The van der Waals surface area contributed by atoms with Crippen molar-refractivity contribution < 1.29 is 23.1 Å². The summed E-state index contributed by atoms with van der Waals surface area (Å²) in [5, 5.41) is 4.31. The number of rotatable bonds is 5. The van der Waals surface area contributed by atoms with Crippen molar-refractivity contribution in [2.45, 2.75) is 26.5 Å². The molecule has 11 nitrogen and oxygen atoms in total. The van der Waals surface area contributed by atoms with Gasteiger partial charge in [-0.15, -0.1) is 0 Å². The van der Waals surface area contributed by atoms with E-state index in [-0.39, 0.29) is 17.8 Å². The Hall–Kier alpha value is -2.73. The summed E-state index contributed by atoms with van der Waals surface area (Å²) in [5.74, 6) is -2.94. The number of aromatic amines is 1. The zero-order chi connectivity index (χ0) is 22.6. The van der Waals surface area contributed by atoms with Gasteiger partial charge in [0.25, 0.3) is 11.5 Å². The van der Waals surface area contributed by atoms with Gasteiger partial charge in [-0.25, -0.2) is 23.1 Å². The van der Waals surface area contributed by atoms with Gasteiger partial charge in [0.15, 0.2) is 5.65 Å². The molecule has 0 unspecified atom stereocenters. The smallest absolute Gasteiger partial charge is 0.330 e. The number of halogens is 2. The van der Waals surface area contributed by atoms with Gasteiger partial charge in [-0.2, -0.15) is 5.10 Å². The molecule has 0 aliphatic carbocycles. The first-order valence-corrected chi connectivity index (χ1v) is 10.3. The van der Waals surface area contributed by atoms with Gasteiger partial charge in [0.05, 0.1) is 17.8 Å². The van der Waals surface area contributed by atoms with E-state index in [0.717, 1.165) is 10.8 Å². The summed E-state index contributed by atoms with van der Waals surface area (Å²) >= 11 is 0. The number of fused-ring (bicyclic) bond motifs is 1. The molecule has 0 atom stereocenters. The summed E-state index contributed by atoms with van der Waals surface area (Å²) in [6, 6.07) is 1.46. The molecule has 14 heteroatoms. The Morgan fingerprint density at radius 3 is 2.68 bits per heavy atom. The van der Waals surface area contributed by atoms with E-state index in [9.17, 15) is 18.4 Å². The normalized spacial score (nSPS) is 17.7. The van der Waals surface area contributed by atoms with Gasteiger partial charge in [0.2, 0.25) is 0 Å². The molecule has 0 aromatic carbocycles. The fourth-order valence-electron chi connectivity index (χ4n) is 3.44. The molecule has 3 aromatic rings. The third-order valence-corrected chi connectivity index (χ3v) is 5.59. The maximum Gasteiger partial charge on any atom is 0.330 e. The van der Waals surface area contributed by atoms with Crippen molar-refractivity contribution in [2.24, 2.45) is 5.41 Å². The van der Waals surface area contributed by atoms with Crippen molar-refractivity contribution in [1.29, 1.82) is 0 Å². The number of nitrogens with one attached hydrogen (secondary N) is 1. The minimum atomic E-state index is -2.94. The first-order chi connectivity index (χ1) is 14.5. The standard InChI is InChI=1S/C17H19F2N6O5P/c1-16(2)7-24(8-17(16,18)19)12-5-11(22-25-4-3-20-13(12)25)10-6-23(9-30-31(28)29)15(27)21-14(10)26/h3-6,28-29H,7-9H2,1-2H3,(H,21,26,27). The molecule has 1 aliphatic rings. The van der Waals surface area contributed by atoms with E-state index in [4.69, 9.17) is 9.79 Å². The molecule has 0 bridgehead atoms. The summed E-state index contributed by atoms with van der Waals surface area (Å²) < 4.78 is 35.9. The molecule has 3 aromatic heterocycles. The summed E-state index contributed by atoms with van der Waals surface area (Å²) in [4.78, 5) is 50.0. The van der Waals surface area contributed by atoms with Gasteiger partial charge in [0.1, 0.15) is 12.4 Å². The van der Waals surface area contributed by atoms with E-state index < -0.39 is 44.5 Å². The van der Waals surface area contributed by atoms with Crippen LogP contribution in [0.3, 0.4) is 0 Å². The summed E-state index contributed by atoms with van der Waals surface area (Å²) in [5.41, 5.74) is -2.06. The Labute approximate surface area is 174 Å². The first kappa shape index (κ1) is 21.5. The van der Waals surface area contributed by atoms with Crippen LogP contribution in [0, 0.1) is 5.41 Å². The van der Waals surface area contributed by atoms with Crippen molar-refractivity contribution >= 4 is 19.9 Å². The largest absolute Gasteiger partial charge is 0.362 e. The average Bonchev–Trinajstić information content (AvgIpc) is 3.21. The quantitative estimate of drug-likeness (QED) is 0.482. The van der Waals surface area contributed by atoms with Gasteiger partial charge < -0.3 is 14.7 Å². The molecule has 31 heavy (non-hydrogen) atoms. The number of anilines is 1. The lowest BCUT2D eigenvalue weighted by Gasteiger charge is -2.24. The SMILES string of the molecule is CC1(C)CN(c2cc(-c3cn(COP(O)O)c(=O)[nH]c3=O)nn3ccnc23)CC1(F)F. The van der Waals surface area contributed by atoms with Gasteiger partial charge in [-0.3, -0.25) is 18.9 Å². The van der Waals surface area contributed by atoms with E-state index >= 15 is 0 Å². The van der Waals surface area contributed by atoms with Gasteiger partial charge >= 0.3 is 14.3 Å². The average molecular weight is 456 g/mol. The lowest BCUT2D eigenvalue weighted by atomic mass is 9.89. The number of aromatic nitrogens is 5. The van der Waals surface area contributed by atoms with Crippen LogP contribution in [0.2, 0.25) is 0 Å². The molecular formula is C17H19F2N6O5P. The summed E-state index contributed by atoms with van der Waals surface area (Å²) in [6.45, 7) is 1.98. The minimum absolute atomic E-state index is 0.0366. The number of nitrogens with zero attached hydrogens (tertiary/aromatic N) is 5. The highest BCUT2D eigenvalue weighted by Crippen LogP contribution is 2.45. The number of H-pyrrole nitrogens is 1. The van der Waals surface area contributed by atoms with Crippen molar-refractivity contribution in [3.63, 3.8) is 0 Å². The highest BCUT2D eigenvalue weighted by Gasteiger charge is 2.54. The topological polar surface area (TPSA) is 138 Å². The van der Waals surface area contributed by atoms with Crippen molar-refractivity contribution in [1.82, 2.24) is 24.1 Å². The maximum atomic E-state index is 14.5. The second kappa shape index (κ2) is 7.45. The molecule has 4 rings (SSSR count). The molecular weight excluding hydrogens is 437 g/mol. The highest BCUT2D eigenvalue weighted by atomic mass is 31.2. The van der Waals surface area contributed by atoms with Crippen LogP contribution in [-0.2, 0) is 11.3 Å². The van der Waals surface area contributed by atoms with E-state index in [1.807, 2.05) is 0 Å². The van der Waals surface area contributed by atoms with Gasteiger partial charge in [-0.05, 0) is 6.07 Å². The Morgan fingerprint density at radius 2 is 2.03 bits per heavy atom. The van der Waals surface area contributed by atoms with Crippen molar-refractivity contribution in [2.75, 3.05) is 18.0 Å². The van der Waals surface area contributed by atoms with Crippen LogP contribution in [0.15, 0.2) is 34.2 Å². The maximum absolute atomic E-state index is 14.5. The monoisotopic (exact) mass is 456 g/mol. The van der Waals surface area contributed by atoms with Gasteiger partial charge in [-0.1, -0.05) is 13.8 Å². The van der Waals surface area contributed by atoms with Crippen LogP contribution in [0.25, 0.3) is 16.9 Å². The van der Waals surface area contributed by atoms with E-state index in [1.54, 1.807) is 0 Å². The minimum Gasteiger partial charge on any atom is -0.362 e. The van der Waals surface area contributed by atoms with Crippen LogP contribution in [0.5, 0.6) is 0 Å². The van der Waals surface area contributed by atoms with Crippen LogP contribution >= 0.6 is 8.60 Å². The second-order valence-corrected chi connectivity index (χ2v) is 8.60. The molecule has 166 valence electrons. The molecule has 0 amide bonds. The molecule has 0 radical (unpaired) electrons. The fraction of sp³-hybridized carbons (Fsp3) is 0.412. The Kier molecular flexibility index (Phi) is 5.16. The number of alkyl halides is 2. The lowest BCUT2D eigenvalue weighted by molar-refractivity contribution is -0.0642. The second-order valence-electron chi connectivity index (χ2n) is 7.84. The highest BCUT2D eigenvalue weighted by molar-refractivity contribution is 7.39. The van der Waals surface area contributed by atoms with E-state index in [0.29, 0.717) is 11.3 Å². The Balaban J connectivity index is 1.83. The molecule has 1 fully saturated rings. The fourth-order valence-corrected chi connectivity index (χ4v) is 3.67. The number of hydrogen-bond acceptors (Lipinski definition) is 8. The third-order valence-electron chi connectivity index (χ3n) is 5.25. The van der Waals surface area contributed by atoms with Crippen LogP contribution in [0.4, 0.5) is 14.5 Å². The predicted octanol–water partition coefficient (Wildman–Crippen LogP) is 0.913. The third kappa shape index (κ3) is 3.85. The Morgan fingerprint density at radius 1 is 1.29 bits per heavy atom. The zero-order valence-corrected chi connectivity index (χ0v) is 17.4. The molecule has 0 spiro atoms. The van der Waals surface area contributed by atoms with Crippen LogP contribution in [-0.4, -0.2) is 52.9 Å². The number of imidazole rings is 1.